The molecule has 0 saturated heterocycles. The summed E-state index contributed by atoms with van der Waals surface area (Å²) in [5.74, 6) is 1.11. The second-order valence-corrected chi connectivity index (χ2v) is 9.85. The van der Waals surface area contributed by atoms with Crippen LogP contribution in [0, 0.1) is 11.3 Å². The number of rotatable bonds is 2. The van der Waals surface area contributed by atoms with E-state index in [1.54, 1.807) is 22.3 Å². The smallest absolute Gasteiger partial charge is 0.000378 e. The molecule has 3 aromatic carbocycles. The molecule has 0 heterocycles. The van der Waals surface area contributed by atoms with Crippen LogP contribution in [0.15, 0.2) is 90.0 Å². The van der Waals surface area contributed by atoms with Crippen molar-refractivity contribution < 1.29 is 0 Å². The fourth-order valence-electron chi connectivity index (χ4n) is 6.59. The van der Waals surface area contributed by atoms with Gasteiger partial charge >= 0.3 is 0 Å². The van der Waals surface area contributed by atoms with Crippen LogP contribution in [-0.4, -0.2) is 0 Å². The molecule has 0 aliphatic heterocycles. The summed E-state index contributed by atoms with van der Waals surface area (Å²) in [5, 5.41) is 0. The van der Waals surface area contributed by atoms with E-state index in [9.17, 15) is 0 Å². The minimum absolute atomic E-state index is 0.148. The minimum Gasteiger partial charge on any atom is -0.0622 e. The molecule has 3 aromatic rings. The number of allylic oxidation sites excluding steroid dienone is 4. The molecule has 6 rings (SSSR count). The van der Waals surface area contributed by atoms with Gasteiger partial charge in [-0.25, -0.2) is 0 Å². The SMILES string of the molecule is CC1C2=C(C=C(c3ccccc3)C2)C(C)(C)C1c1cccc2c1Cc1ccccc1-2. The number of benzene rings is 3. The van der Waals surface area contributed by atoms with E-state index in [1.165, 1.54) is 27.8 Å². The predicted octanol–water partition coefficient (Wildman–Crippen LogP) is 7.80. The average molecular weight is 389 g/mol. The van der Waals surface area contributed by atoms with Gasteiger partial charge in [0.05, 0.1) is 0 Å². The van der Waals surface area contributed by atoms with Crippen molar-refractivity contribution in [1.29, 1.82) is 0 Å². The monoisotopic (exact) mass is 388 g/mol. The second-order valence-electron chi connectivity index (χ2n) is 9.85. The molecule has 30 heavy (non-hydrogen) atoms. The molecule has 0 saturated carbocycles. The number of hydrogen-bond acceptors (Lipinski definition) is 0. The molecular formula is C30H28. The van der Waals surface area contributed by atoms with Crippen molar-refractivity contribution in [2.75, 3.05) is 0 Å². The minimum atomic E-state index is 0.148. The first-order chi connectivity index (χ1) is 14.6. The fraction of sp³-hybridized carbons (Fsp3) is 0.267. The van der Waals surface area contributed by atoms with Gasteiger partial charge < -0.3 is 0 Å². The van der Waals surface area contributed by atoms with Crippen molar-refractivity contribution in [3.05, 3.63) is 112 Å². The third-order valence-electron chi connectivity index (χ3n) is 7.93. The maximum atomic E-state index is 2.51. The van der Waals surface area contributed by atoms with Crippen LogP contribution in [0.1, 0.15) is 55.4 Å². The highest BCUT2D eigenvalue weighted by atomic mass is 14.5. The molecule has 3 aliphatic carbocycles. The van der Waals surface area contributed by atoms with Crippen LogP contribution >= 0.6 is 0 Å². The van der Waals surface area contributed by atoms with E-state index in [0.717, 1.165) is 12.8 Å². The van der Waals surface area contributed by atoms with Crippen molar-refractivity contribution >= 4 is 5.57 Å². The first-order valence-corrected chi connectivity index (χ1v) is 11.3. The molecule has 0 N–H and O–H groups in total. The Morgan fingerprint density at radius 2 is 1.50 bits per heavy atom. The van der Waals surface area contributed by atoms with Crippen molar-refractivity contribution in [2.24, 2.45) is 11.3 Å². The molecular weight excluding hydrogens is 360 g/mol. The Labute approximate surface area is 180 Å². The van der Waals surface area contributed by atoms with E-state index >= 15 is 0 Å². The topological polar surface area (TPSA) is 0 Å². The number of hydrogen-bond donors (Lipinski definition) is 0. The summed E-state index contributed by atoms with van der Waals surface area (Å²) in [7, 11) is 0. The first kappa shape index (κ1) is 18.0. The van der Waals surface area contributed by atoms with Gasteiger partial charge in [-0.1, -0.05) is 105 Å². The Bertz CT molecular complexity index is 1220. The molecule has 0 aromatic heterocycles. The third kappa shape index (κ3) is 2.40. The van der Waals surface area contributed by atoms with E-state index < -0.39 is 0 Å². The van der Waals surface area contributed by atoms with Crippen LogP contribution in [0.4, 0.5) is 0 Å². The Kier molecular flexibility index (Phi) is 3.78. The molecule has 0 fully saturated rings. The van der Waals surface area contributed by atoms with Gasteiger partial charge in [-0.05, 0) is 74.6 Å². The zero-order valence-corrected chi connectivity index (χ0v) is 18.1. The third-order valence-corrected chi connectivity index (χ3v) is 7.93. The fourth-order valence-corrected chi connectivity index (χ4v) is 6.59. The number of fused-ring (bicyclic) bond motifs is 3. The van der Waals surface area contributed by atoms with E-state index in [1.807, 2.05) is 0 Å². The van der Waals surface area contributed by atoms with Gasteiger partial charge in [0.2, 0.25) is 0 Å². The summed E-state index contributed by atoms with van der Waals surface area (Å²) < 4.78 is 0. The lowest BCUT2D eigenvalue weighted by molar-refractivity contribution is 0.333. The first-order valence-electron chi connectivity index (χ1n) is 11.3. The molecule has 0 amide bonds. The molecule has 0 spiro atoms. The molecule has 148 valence electrons. The van der Waals surface area contributed by atoms with E-state index in [0.29, 0.717) is 11.8 Å². The van der Waals surface area contributed by atoms with Crippen LogP contribution in [-0.2, 0) is 6.42 Å². The van der Waals surface area contributed by atoms with Gasteiger partial charge in [-0.2, -0.15) is 0 Å². The van der Waals surface area contributed by atoms with Gasteiger partial charge in [0.25, 0.3) is 0 Å². The largest absolute Gasteiger partial charge is 0.0622 e. The molecule has 3 aliphatic rings. The lowest BCUT2D eigenvalue weighted by Gasteiger charge is -2.35. The highest BCUT2D eigenvalue weighted by molar-refractivity contribution is 5.80. The lowest BCUT2D eigenvalue weighted by atomic mass is 9.69. The van der Waals surface area contributed by atoms with Gasteiger partial charge in [-0.15, -0.1) is 0 Å². The van der Waals surface area contributed by atoms with Crippen molar-refractivity contribution in [1.82, 2.24) is 0 Å². The summed E-state index contributed by atoms with van der Waals surface area (Å²) in [6, 6.07) is 26.9. The van der Waals surface area contributed by atoms with Crippen LogP contribution in [0.2, 0.25) is 0 Å². The molecule has 0 radical (unpaired) electrons. The summed E-state index contributed by atoms with van der Waals surface area (Å²) in [6.07, 6.45) is 4.70. The van der Waals surface area contributed by atoms with E-state index in [-0.39, 0.29) is 5.41 Å². The lowest BCUT2D eigenvalue weighted by Crippen LogP contribution is -2.24. The Morgan fingerprint density at radius 1 is 0.767 bits per heavy atom. The van der Waals surface area contributed by atoms with Crippen molar-refractivity contribution in [2.45, 2.75) is 39.5 Å². The second kappa shape index (κ2) is 6.32. The standard InChI is InChI=1S/C30H28/c1-19-26-17-22(20-10-5-4-6-11-20)18-28(26)30(2,3)29(19)25-15-9-14-24-23-13-8-7-12-21(23)16-27(24)25/h4-15,18-19,29H,16-17H2,1-3H3. The van der Waals surface area contributed by atoms with Crippen LogP contribution < -0.4 is 0 Å². The van der Waals surface area contributed by atoms with Crippen LogP contribution in [0.3, 0.4) is 0 Å². The molecule has 0 bridgehead atoms. The van der Waals surface area contributed by atoms with Gasteiger partial charge in [0.15, 0.2) is 0 Å². The van der Waals surface area contributed by atoms with E-state index in [2.05, 4.69) is 99.6 Å². The molecule has 0 heteroatoms. The normalized spacial score (nSPS) is 23.2. The Morgan fingerprint density at radius 3 is 2.30 bits per heavy atom. The Hall–Kier alpha value is -2.86. The van der Waals surface area contributed by atoms with Crippen molar-refractivity contribution in [3.63, 3.8) is 0 Å². The summed E-state index contributed by atoms with van der Waals surface area (Å²) in [5.41, 5.74) is 13.8. The average Bonchev–Trinajstić information content (AvgIpc) is 3.41. The predicted molar refractivity (Wildman–Crippen MR) is 126 cm³/mol. The van der Waals surface area contributed by atoms with Crippen molar-refractivity contribution in [3.8, 4) is 11.1 Å². The zero-order valence-electron chi connectivity index (χ0n) is 18.1. The van der Waals surface area contributed by atoms with Gasteiger partial charge in [0.1, 0.15) is 0 Å². The maximum absolute atomic E-state index is 2.51. The van der Waals surface area contributed by atoms with E-state index in [4.69, 9.17) is 0 Å². The molecule has 2 unspecified atom stereocenters. The highest BCUT2D eigenvalue weighted by Crippen LogP contribution is 2.61. The summed E-state index contributed by atoms with van der Waals surface area (Å²) in [4.78, 5) is 0. The summed E-state index contributed by atoms with van der Waals surface area (Å²) in [6.45, 7) is 7.42. The highest BCUT2D eigenvalue weighted by Gasteiger charge is 2.48. The van der Waals surface area contributed by atoms with Gasteiger partial charge in [0, 0.05) is 0 Å². The maximum Gasteiger partial charge on any atom is -0.000378 e. The molecule has 2 atom stereocenters. The quantitative estimate of drug-likeness (QED) is 0.328. The van der Waals surface area contributed by atoms with Crippen LogP contribution in [0.5, 0.6) is 0 Å². The van der Waals surface area contributed by atoms with Crippen LogP contribution in [0.25, 0.3) is 16.7 Å². The van der Waals surface area contributed by atoms with Gasteiger partial charge in [-0.3, -0.25) is 0 Å². The zero-order chi connectivity index (χ0) is 20.5. The Balaban J connectivity index is 1.42. The summed E-state index contributed by atoms with van der Waals surface area (Å²) >= 11 is 0. The molecule has 0 nitrogen and oxygen atoms in total.